The number of hydrogen-bond acceptors (Lipinski definition) is 6. The molecule has 0 aromatic carbocycles. The molecular weight excluding hydrogens is 192 g/mol. The van der Waals surface area contributed by atoms with Gasteiger partial charge in [0.2, 0.25) is 0 Å². The summed E-state index contributed by atoms with van der Waals surface area (Å²) in [5.41, 5.74) is 0. The van der Waals surface area contributed by atoms with Crippen molar-refractivity contribution in [2.45, 2.75) is 9.70 Å². The van der Waals surface area contributed by atoms with Crippen LogP contribution in [-0.4, -0.2) is 23.3 Å². The van der Waals surface area contributed by atoms with Gasteiger partial charge in [-0.15, -0.1) is 37.9 Å². The second-order valence-electron chi connectivity index (χ2n) is 1.79. The van der Waals surface area contributed by atoms with Gasteiger partial charge in [0.1, 0.15) is 3.41 Å². The lowest BCUT2D eigenvalue weighted by molar-refractivity contribution is -0.294. The van der Waals surface area contributed by atoms with Gasteiger partial charge >= 0.3 is 0 Å². The van der Waals surface area contributed by atoms with Gasteiger partial charge in [0.25, 0.3) is 0 Å². The lowest BCUT2D eigenvalue weighted by Crippen LogP contribution is -2.37. The van der Waals surface area contributed by atoms with E-state index >= 15 is 0 Å². The molecule has 0 amide bonds. The molecule has 1 heterocycles. The summed E-state index contributed by atoms with van der Waals surface area (Å²) in [6, 6.07) is 0. The van der Waals surface area contributed by atoms with Gasteiger partial charge in [0.15, 0.2) is 19.9 Å². The highest BCUT2D eigenvalue weighted by Gasteiger charge is 2.31. The van der Waals surface area contributed by atoms with Crippen LogP contribution in [0.25, 0.3) is 0 Å². The van der Waals surface area contributed by atoms with Crippen molar-refractivity contribution in [3.8, 4) is 0 Å². The van der Waals surface area contributed by atoms with Gasteiger partial charge in [-0.25, -0.2) is 0 Å². The van der Waals surface area contributed by atoms with Crippen LogP contribution in [0.15, 0.2) is 0 Å². The summed E-state index contributed by atoms with van der Waals surface area (Å²) in [6.07, 6.45) is -0.531. The van der Waals surface area contributed by atoms with Crippen LogP contribution < -0.4 is 0 Å². The summed E-state index contributed by atoms with van der Waals surface area (Å²) in [4.78, 5) is 0. The SMILES string of the molecule is SC(S)(S)C1OCOCO1. The largest absolute Gasteiger partial charge is 0.329 e. The van der Waals surface area contributed by atoms with E-state index < -0.39 is 9.70 Å². The minimum absolute atomic E-state index is 0.202. The maximum atomic E-state index is 4.97. The molecular formula is C4H8O3S3. The molecule has 0 aromatic heterocycles. The van der Waals surface area contributed by atoms with Crippen molar-refractivity contribution >= 4 is 37.9 Å². The molecule has 0 spiro atoms. The highest BCUT2D eigenvalue weighted by molar-refractivity contribution is 8.17. The minimum atomic E-state index is -0.871. The average Bonchev–Trinajstić information content (AvgIpc) is 1.88. The lowest BCUT2D eigenvalue weighted by Gasteiger charge is -2.30. The van der Waals surface area contributed by atoms with Crippen molar-refractivity contribution in [3.63, 3.8) is 0 Å². The first-order chi connectivity index (χ1) is 4.61. The van der Waals surface area contributed by atoms with Crippen LogP contribution in [-0.2, 0) is 14.2 Å². The van der Waals surface area contributed by atoms with Crippen molar-refractivity contribution in [3.05, 3.63) is 0 Å². The quantitative estimate of drug-likeness (QED) is 0.430. The highest BCUT2D eigenvalue weighted by Crippen LogP contribution is 2.32. The monoisotopic (exact) mass is 200 g/mol. The summed E-state index contributed by atoms with van der Waals surface area (Å²) in [5, 5.41) is 0. The van der Waals surface area contributed by atoms with E-state index in [0.717, 1.165) is 0 Å². The van der Waals surface area contributed by atoms with E-state index in [0.29, 0.717) is 0 Å². The van der Waals surface area contributed by atoms with E-state index in [-0.39, 0.29) is 13.6 Å². The maximum Gasteiger partial charge on any atom is 0.195 e. The van der Waals surface area contributed by atoms with Crippen molar-refractivity contribution in [1.82, 2.24) is 0 Å². The lowest BCUT2D eigenvalue weighted by atomic mass is 10.7. The molecule has 0 aliphatic carbocycles. The van der Waals surface area contributed by atoms with Crippen molar-refractivity contribution in [1.29, 1.82) is 0 Å². The molecule has 10 heavy (non-hydrogen) atoms. The van der Waals surface area contributed by atoms with Crippen molar-refractivity contribution in [2.75, 3.05) is 13.6 Å². The van der Waals surface area contributed by atoms with E-state index in [1.165, 1.54) is 0 Å². The molecule has 1 rings (SSSR count). The van der Waals surface area contributed by atoms with Gasteiger partial charge in [-0.1, -0.05) is 0 Å². The summed E-state index contributed by atoms with van der Waals surface area (Å²) in [7, 11) is 0. The first-order valence-corrected chi connectivity index (χ1v) is 3.93. The third-order valence-electron chi connectivity index (χ3n) is 0.922. The molecule has 0 atom stereocenters. The predicted molar refractivity (Wildman–Crippen MR) is 46.5 cm³/mol. The fourth-order valence-electron chi connectivity index (χ4n) is 0.526. The Morgan fingerprint density at radius 3 is 1.90 bits per heavy atom. The molecule has 1 aliphatic heterocycles. The van der Waals surface area contributed by atoms with E-state index in [9.17, 15) is 0 Å². The number of rotatable bonds is 1. The van der Waals surface area contributed by atoms with Crippen LogP contribution in [0.1, 0.15) is 0 Å². The maximum absolute atomic E-state index is 4.97. The topological polar surface area (TPSA) is 27.7 Å². The van der Waals surface area contributed by atoms with E-state index in [1.54, 1.807) is 0 Å². The van der Waals surface area contributed by atoms with Crippen LogP contribution in [0.5, 0.6) is 0 Å². The van der Waals surface area contributed by atoms with Gasteiger partial charge in [-0.2, -0.15) is 0 Å². The molecule has 1 saturated heterocycles. The molecule has 6 heteroatoms. The standard InChI is InChI=1S/C4H8O3S3/c8-4(9,10)3-6-1-5-2-7-3/h3,8-10H,1-2H2. The van der Waals surface area contributed by atoms with Crippen LogP contribution in [0, 0.1) is 0 Å². The zero-order valence-corrected chi connectivity index (χ0v) is 7.74. The van der Waals surface area contributed by atoms with Crippen LogP contribution in [0.4, 0.5) is 0 Å². The van der Waals surface area contributed by atoms with Crippen molar-refractivity contribution in [2.24, 2.45) is 0 Å². The van der Waals surface area contributed by atoms with Crippen LogP contribution >= 0.6 is 37.9 Å². The zero-order chi connectivity index (χ0) is 7.61. The van der Waals surface area contributed by atoms with Gasteiger partial charge < -0.3 is 14.2 Å². The molecule has 0 bridgehead atoms. The van der Waals surface area contributed by atoms with Gasteiger partial charge in [0, 0.05) is 0 Å². The third-order valence-corrected chi connectivity index (χ3v) is 1.55. The highest BCUT2D eigenvalue weighted by atomic mass is 32.2. The van der Waals surface area contributed by atoms with E-state index in [4.69, 9.17) is 14.2 Å². The van der Waals surface area contributed by atoms with E-state index in [1.807, 2.05) is 0 Å². The minimum Gasteiger partial charge on any atom is -0.329 e. The molecule has 0 radical (unpaired) electrons. The smallest absolute Gasteiger partial charge is 0.195 e. The Bertz CT molecular complexity index is 107. The van der Waals surface area contributed by atoms with Crippen molar-refractivity contribution < 1.29 is 14.2 Å². The molecule has 0 saturated carbocycles. The van der Waals surface area contributed by atoms with Gasteiger partial charge in [-0.3, -0.25) is 0 Å². The Morgan fingerprint density at radius 2 is 1.60 bits per heavy atom. The molecule has 0 N–H and O–H groups in total. The molecule has 60 valence electrons. The normalized spacial score (nSPS) is 23.1. The molecule has 3 nitrogen and oxygen atoms in total. The van der Waals surface area contributed by atoms with Crippen LogP contribution in [0.3, 0.4) is 0 Å². The summed E-state index contributed by atoms with van der Waals surface area (Å²) < 4.78 is 13.8. The number of thiol groups is 3. The Hall–Kier alpha value is 0.930. The zero-order valence-electron chi connectivity index (χ0n) is 5.06. The predicted octanol–water partition coefficient (Wildman–Crippen LogP) is 0.734. The first-order valence-electron chi connectivity index (χ1n) is 2.59. The summed E-state index contributed by atoms with van der Waals surface area (Å²) in [5.74, 6) is 0. The molecule has 0 unspecified atom stereocenters. The Kier molecular flexibility index (Phi) is 3.20. The number of hydrogen-bond donors (Lipinski definition) is 3. The fraction of sp³-hybridized carbons (Fsp3) is 1.00. The second kappa shape index (κ2) is 3.55. The Morgan fingerprint density at radius 1 is 1.10 bits per heavy atom. The van der Waals surface area contributed by atoms with Crippen LogP contribution in [0.2, 0.25) is 0 Å². The first kappa shape index (κ1) is 9.02. The second-order valence-corrected chi connectivity index (χ2v) is 4.97. The molecule has 0 aromatic rings. The fourth-order valence-corrected chi connectivity index (χ4v) is 0.973. The Labute approximate surface area is 75.6 Å². The molecule has 1 aliphatic rings. The van der Waals surface area contributed by atoms with E-state index in [2.05, 4.69) is 37.9 Å². The summed E-state index contributed by atoms with van der Waals surface area (Å²) in [6.45, 7) is 0.405. The van der Waals surface area contributed by atoms with Gasteiger partial charge in [0.05, 0.1) is 0 Å². The Balaban J connectivity index is 2.39. The van der Waals surface area contributed by atoms with Gasteiger partial charge in [-0.05, 0) is 0 Å². The molecule has 1 fully saturated rings. The average molecular weight is 200 g/mol. The number of ether oxygens (including phenoxy) is 3. The summed E-state index contributed by atoms with van der Waals surface area (Å²) >= 11 is 12.1. The third kappa shape index (κ3) is 2.52.